The second kappa shape index (κ2) is 8.29. The van der Waals surface area contributed by atoms with Gasteiger partial charge in [0.15, 0.2) is 12.7 Å². The summed E-state index contributed by atoms with van der Waals surface area (Å²) in [7, 11) is 0. The van der Waals surface area contributed by atoms with E-state index in [-0.39, 0.29) is 18.8 Å². The van der Waals surface area contributed by atoms with E-state index in [2.05, 4.69) is 16.8 Å². The average Bonchev–Trinajstić information content (AvgIpc) is 2.95. The van der Waals surface area contributed by atoms with Crippen LogP contribution in [0.3, 0.4) is 0 Å². The van der Waals surface area contributed by atoms with Gasteiger partial charge in [0.1, 0.15) is 5.75 Å². The predicted octanol–water partition coefficient (Wildman–Crippen LogP) is 3.03. The van der Waals surface area contributed by atoms with Crippen molar-refractivity contribution in [3.63, 3.8) is 0 Å². The van der Waals surface area contributed by atoms with E-state index in [4.69, 9.17) is 9.47 Å². The molecule has 0 bridgehead atoms. The second-order valence-corrected chi connectivity index (χ2v) is 6.82. The lowest BCUT2D eigenvalue weighted by atomic mass is 10.1. The molecule has 7 heteroatoms. The molecule has 1 N–H and O–H groups in total. The fraction of sp³-hybridized carbons (Fsp3) is 0.381. The van der Waals surface area contributed by atoms with Crippen LogP contribution in [0.5, 0.6) is 5.75 Å². The van der Waals surface area contributed by atoms with Gasteiger partial charge in [-0.1, -0.05) is 19.1 Å². The molecule has 148 valence electrons. The Kier molecular flexibility index (Phi) is 5.82. The van der Waals surface area contributed by atoms with Crippen LogP contribution < -0.4 is 10.1 Å². The highest BCUT2D eigenvalue weighted by atomic mass is 16.5. The number of fused-ring (bicyclic) bond motifs is 1. The topological polar surface area (TPSA) is 86.6 Å². The third kappa shape index (κ3) is 4.08. The number of hydrogen-bond acceptors (Lipinski definition) is 5. The normalized spacial score (nSPS) is 15.4. The predicted molar refractivity (Wildman–Crippen MR) is 104 cm³/mol. The number of rotatable bonds is 7. The number of carbonyl (C=O) groups excluding carboxylic acids is 3. The van der Waals surface area contributed by atoms with Crippen molar-refractivity contribution in [3.8, 4) is 5.75 Å². The van der Waals surface area contributed by atoms with Crippen molar-refractivity contribution in [2.24, 2.45) is 0 Å². The molecule has 0 saturated carbocycles. The highest BCUT2D eigenvalue weighted by Crippen LogP contribution is 2.29. The van der Waals surface area contributed by atoms with Crippen LogP contribution in [-0.2, 0) is 20.9 Å². The quantitative estimate of drug-likeness (QED) is 0.586. The molecule has 0 fully saturated rings. The van der Waals surface area contributed by atoms with Crippen molar-refractivity contribution in [3.05, 3.63) is 47.3 Å². The maximum absolute atomic E-state index is 12.5. The number of nitrogens with zero attached hydrogens (tertiary/aromatic N) is 1. The van der Waals surface area contributed by atoms with Gasteiger partial charge in [0.25, 0.3) is 5.91 Å². The van der Waals surface area contributed by atoms with Crippen molar-refractivity contribution < 1.29 is 23.9 Å². The minimum absolute atomic E-state index is 0.261. The number of ether oxygens (including phenoxy) is 2. The summed E-state index contributed by atoms with van der Waals surface area (Å²) in [4.78, 5) is 36.7. The van der Waals surface area contributed by atoms with Gasteiger partial charge in [-0.15, -0.1) is 0 Å². The molecule has 28 heavy (non-hydrogen) atoms. The SMILES string of the molecule is CCCn1c(C)cc(C(=O)COC(=O)CC2Oc3ccccc3NC2=O)c1C. The van der Waals surface area contributed by atoms with Gasteiger partial charge in [-0.2, -0.15) is 0 Å². The lowest BCUT2D eigenvalue weighted by molar-refractivity contribution is -0.146. The fourth-order valence-electron chi connectivity index (χ4n) is 3.31. The summed E-state index contributed by atoms with van der Waals surface area (Å²) >= 11 is 0. The van der Waals surface area contributed by atoms with Crippen molar-refractivity contribution in [1.29, 1.82) is 0 Å². The zero-order chi connectivity index (χ0) is 20.3. The second-order valence-electron chi connectivity index (χ2n) is 6.82. The van der Waals surface area contributed by atoms with Crippen molar-refractivity contribution in [1.82, 2.24) is 4.57 Å². The zero-order valence-electron chi connectivity index (χ0n) is 16.3. The number of esters is 1. The van der Waals surface area contributed by atoms with Gasteiger partial charge in [0.2, 0.25) is 5.78 Å². The Hall–Kier alpha value is -3.09. The first-order chi connectivity index (χ1) is 13.4. The van der Waals surface area contributed by atoms with Crippen LogP contribution in [0.1, 0.15) is 41.5 Å². The lowest BCUT2D eigenvalue weighted by Gasteiger charge is -2.25. The minimum atomic E-state index is -0.980. The summed E-state index contributed by atoms with van der Waals surface area (Å²) in [5.74, 6) is -0.831. The highest BCUT2D eigenvalue weighted by molar-refractivity contribution is 6.01. The van der Waals surface area contributed by atoms with Crippen LogP contribution >= 0.6 is 0 Å². The lowest BCUT2D eigenvalue weighted by Crippen LogP contribution is -2.39. The molecule has 1 atom stereocenters. The van der Waals surface area contributed by atoms with E-state index in [0.717, 1.165) is 24.4 Å². The van der Waals surface area contributed by atoms with Crippen LogP contribution in [0.15, 0.2) is 30.3 Å². The smallest absolute Gasteiger partial charge is 0.310 e. The van der Waals surface area contributed by atoms with Gasteiger partial charge in [0, 0.05) is 23.5 Å². The Morgan fingerprint density at radius 3 is 2.75 bits per heavy atom. The summed E-state index contributed by atoms with van der Waals surface area (Å²) in [6, 6.07) is 8.80. The van der Waals surface area contributed by atoms with Gasteiger partial charge in [-0.3, -0.25) is 14.4 Å². The van der Waals surface area contributed by atoms with E-state index in [1.165, 1.54) is 0 Å². The third-order valence-corrected chi connectivity index (χ3v) is 4.74. The highest BCUT2D eigenvalue weighted by Gasteiger charge is 2.30. The van der Waals surface area contributed by atoms with E-state index >= 15 is 0 Å². The Labute approximate surface area is 163 Å². The van der Waals surface area contributed by atoms with Crippen molar-refractivity contribution in [2.75, 3.05) is 11.9 Å². The number of aryl methyl sites for hydroxylation is 1. The molecule has 2 aromatic rings. The first-order valence-corrected chi connectivity index (χ1v) is 9.32. The van der Waals surface area contributed by atoms with Crippen LogP contribution in [0.25, 0.3) is 0 Å². The molecule has 1 aliphatic rings. The summed E-state index contributed by atoms with van der Waals surface area (Å²) in [6.45, 7) is 6.38. The number of aromatic nitrogens is 1. The minimum Gasteiger partial charge on any atom is -0.478 e. The third-order valence-electron chi connectivity index (χ3n) is 4.74. The van der Waals surface area contributed by atoms with Gasteiger partial charge >= 0.3 is 5.97 Å². The molecule has 0 aliphatic carbocycles. The Bertz CT molecular complexity index is 916. The Balaban J connectivity index is 1.57. The number of Topliss-reactive ketones (excluding diaryl/α,β-unsaturated/α-hetero) is 1. The van der Waals surface area contributed by atoms with Crippen LogP contribution in [0, 0.1) is 13.8 Å². The average molecular weight is 384 g/mol. The van der Waals surface area contributed by atoms with Crippen molar-refractivity contribution >= 4 is 23.3 Å². The summed E-state index contributed by atoms with van der Waals surface area (Å²) < 4.78 is 12.7. The fourth-order valence-corrected chi connectivity index (χ4v) is 3.31. The molecule has 0 spiro atoms. The largest absolute Gasteiger partial charge is 0.478 e. The van der Waals surface area contributed by atoms with Gasteiger partial charge in [-0.25, -0.2) is 0 Å². The molecular formula is C21H24N2O5. The van der Waals surface area contributed by atoms with Gasteiger partial charge in [-0.05, 0) is 38.5 Å². The van der Waals surface area contributed by atoms with Crippen LogP contribution in [0.4, 0.5) is 5.69 Å². The molecule has 0 saturated heterocycles. The van der Waals surface area contributed by atoms with Crippen LogP contribution in [-0.4, -0.2) is 34.9 Å². The number of anilines is 1. The maximum atomic E-state index is 12.5. The first kappa shape index (κ1) is 19.7. The number of amides is 1. The van der Waals surface area contributed by atoms with E-state index in [0.29, 0.717) is 17.0 Å². The van der Waals surface area contributed by atoms with Crippen LogP contribution in [0.2, 0.25) is 0 Å². The molecule has 3 rings (SSSR count). The van der Waals surface area contributed by atoms with Crippen molar-refractivity contribution in [2.45, 2.75) is 46.3 Å². The van der Waals surface area contributed by atoms with E-state index in [1.54, 1.807) is 24.3 Å². The maximum Gasteiger partial charge on any atom is 0.310 e. The van der Waals surface area contributed by atoms with E-state index in [1.807, 2.05) is 19.9 Å². The van der Waals surface area contributed by atoms with E-state index < -0.39 is 18.0 Å². The molecule has 0 radical (unpaired) electrons. The molecule has 1 aromatic carbocycles. The van der Waals surface area contributed by atoms with Gasteiger partial charge < -0.3 is 19.4 Å². The number of benzene rings is 1. The summed E-state index contributed by atoms with van der Waals surface area (Å²) in [5.41, 5.74) is 2.99. The number of nitrogens with one attached hydrogen (secondary N) is 1. The van der Waals surface area contributed by atoms with E-state index in [9.17, 15) is 14.4 Å². The molecule has 1 aromatic heterocycles. The molecule has 1 aliphatic heterocycles. The molecular weight excluding hydrogens is 360 g/mol. The number of hydrogen-bond donors (Lipinski definition) is 1. The number of para-hydroxylation sites is 2. The molecule has 1 unspecified atom stereocenters. The first-order valence-electron chi connectivity index (χ1n) is 9.32. The summed E-state index contributed by atoms with van der Waals surface area (Å²) in [6.07, 6.45) is -0.277. The summed E-state index contributed by atoms with van der Waals surface area (Å²) in [5, 5.41) is 2.69. The molecule has 7 nitrogen and oxygen atoms in total. The molecule has 1 amide bonds. The number of ketones is 1. The monoisotopic (exact) mass is 384 g/mol. The zero-order valence-corrected chi connectivity index (χ0v) is 16.3. The number of carbonyl (C=O) groups is 3. The molecule has 2 heterocycles. The Morgan fingerprint density at radius 2 is 2.00 bits per heavy atom. The standard InChI is InChI=1S/C21H24N2O5/c1-4-9-23-13(2)10-15(14(23)3)17(24)12-27-20(25)11-19-21(26)22-16-7-5-6-8-18(16)28-19/h5-8,10,19H,4,9,11-12H2,1-3H3,(H,22,26). The van der Waals surface area contributed by atoms with Gasteiger partial charge in [0.05, 0.1) is 12.1 Å². The Morgan fingerprint density at radius 1 is 1.25 bits per heavy atom.